The second kappa shape index (κ2) is 4.44. The number of carbonyl (C=O) groups is 1. The normalized spacial score (nSPS) is 13.1. The van der Waals surface area contributed by atoms with Crippen molar-refractivity contribution >= 4 is 5.78 Å². The average Bonchev–Trinajstić information content (AvgIpc) is 2.47. The van der Waals surface area contributed by atoms with Crippen molar-refractivity contribution in [3.63, 3.8) is 0 Å². The van der Waals surface area contributed by atoms with E-state index in [1.54, 1.807) is 18.2 Å². The summed E-state index contributed by atoms with van der Waals surface area (Å²) < 4.78 is 10.9. The first-order valence-corrected chi connectivity index (χ1v) is 5.55. The van der Waals surface area contributed by atoms with Gasteiger partial charge in [0.25, 0.3) is 0 Å². The lowest BCUT2D eigenvalue weighted by Crippen LogP contribution is -2.18. The van der Waals surface area contributed by atoms with E-state index in [1.165, 1.54) is 18.6 Å². The SMILES string of the molecule is O=C(c1cnccn1)c1cccc2c1OCCO2. The van der Waals surface area contributed by atoms with Gasteiger partial charge in [-0.1, -0.05) is 6.07 Å². The third-order valence-corrected chi connectivity index (χ3v) is 2.61. The molecule has 5 nitrogen and oxygen atoms in total. The van der Waals surface area contributed by atoms with Crippen molar-refractivity contribution in [1.29, 1.82) is 0 Å². The predicted octanol–water partition coefficient (Wildman–Crippen LogP) is 1.48. The molecule has 1 aromatic heterocycles. The standard InChI is InChI=1S/C13H10N2O3/c16-12(10-8-14-4-5-15-10)9-2-1-3-11-13(9)18-7-6-17-11/h1-5,8H,6-7H2. The third-order valence-electron chi connectivity index (χ3n) is 2.61. The molecule has 0 amide bonds. The second-order valence-electron chi connectivity index (χ2n) is 3.75. The lowest BCUT2D eigenvalue weighted by Gasteiger charge is -2.20. The number of fused-ring (bicyclic) bond motifs is 1. The lowest BCUT2D eigenvalue weighted by atomic mass is 10.1. The number of hydrogen-bond donors (Lipinski definition) is 0. The van der Waals surface area contributed by atoms with Gasteiger partial charge in [0.05, 0.1) is 11.8 Å². The molecule has 0 fully saturated rings. The van der Waals surface area contributed by atoms with Crippen molar-refractivity contribution in [1.82, 2.24) is 9.97 Å². The van der Waals surface area contributed by atoms with Crippen LogP contribution in [0.15, 0.2) is 36.8 Å². The molecule has 0 spiro atoms. The summed E-state index contributed by atoms with van der Waals surface area (Å²) in [6.07, 6.45) is 4.45. The molecule has 0 saturated carbocycles. The van der Waals surface area contributed by atoms with Gasteiger partial charge in [-0.15, -0.1) is 0 Å². The molecule has 0 bridgehead atoms. The van der Waals surface area contributed by atoms with E-state index >= 15 is 0 Å². The first kappa shape index (κ1) is 10.7. The molecule has 0 aliphatic carbocycles. The molecular formula is C13H10N2O3. The van der Waals surface area contributed by atoms with Gasteiger partial charge in [-0.3, -0.25) is 9.78 Å². The van der Waals surface area contributed by atoms with E-state index in [4.69, 9.17) is 9.47 Å². The van der Waals surface area contributed by atoms with E-state index in [0.29, 0.717) is 36.0 Å². The Hall–Kier alpha value is -2.43. The maximum absolute atomic E-state index is 12.3. The molecule has 1 aliphatic heterocycles. The van der Waals surface area contributed by atoms with Crippen LogP contribution >= 0.6 is 0 Å². The minimum Gasteiger partial charge on any atom is -0.486 e. The predicted molar refractivity (Wildman–Crippen MR) is 62.9 cm³/mol. The minimum absolute atomic E-state index is 0.217. The van der Waals surface area contributed by atoms with Gasteiger partial charge in [-0.25, -0.2) is 4.98 Å². The topological polar surface area (TPSA) is 61.3 Å². The first-order valence-electron chi connectivity index (χ1n) is 5.55. The quantitative estimate of drug-likeness (QED) is 0.746. The van der Waals surface area contributed by atoms with Gasteiger partial charge >= 0.3 is 0 Å². The van der Waals surface area contributed by atoms with Crippen LogP contribution in [0.1, 0.15) is 16.1 Å². The van der Waals surface area contributed by atoms with Crippen molar-refractivity contribution in [3.05, 3.63) is 48.0 Å². The molecule has 0 atom stereocenters. The fourth-order valence-electron chi connectivity index (χ4n) is 1.81. The average molecular weight is 242 g/mol. The number of carbonyl (C=O) groups excluding carboxylic acids is 1. The van der Waals surface area contributed by atoms with Gasteiger partial charge in [0.2, 0.25) is 5.78 Å². The number of aromatic nitrogens is 2. The fourth-order valence-corrected chi connectivity index (χ4v) is 1.81. The summed E-state index contributed by atoms with van der Waals surface area (Å²) in [5.74, 6) is 0.862. The summed E-state index contributed by atoms with van der Waals surface area (Å²) in [6, 6.07) is 5.24. The van der Waals surface area contributed by atoms with Crippen LogP contribution in [0.4, 0.5) is 0 Å². The van der Waals surface area contributed by atoms with E-state index in [0.717, 1.165) is 0 Å². The molecule has 0 N–H and O–H groups in total. The van der Waals surface area contributed by atoms with Gasteiger partial charge < -0.3 is 9.47 Å². The molecule has 18 heavy (non-hydrogen) atoms. The third kappa shape index (κ3) is 1.79. The highest BCUT2D eigenvalue weighted by molar-refractivity contribution is 6.09. The van der Waals surface area contributed by atoms with Crippen molar-refractivity contribution in [3.8, 4) is 11.5 Å². The second-order valence-corrected chi connectivity index (χ2v) is 3.75. The van der Waals surface area contributed by atoms with Crippen molar-refractivity contribution in [2.75, 3.05) is 13.2 Å². The first-order chi connectivity index (χ1) is 8.86. The Morgan fingerprint density at radius 2 is 2.06 bits per heavy atom. The molecular weight excluding hydrogens is 232 g/mol. The number of ketones is 1. The summed E-state index contributed by atoms with van der Waals surface area (Å²) in [4.78, 5) is 20.2. The zero-order valence-corrected chi connectivity index (χ0v) is 9.50. The molecule has 1 aliphatic rings. The number of para-hydroxylation sites is 1. The molecule has 90 valence electrons. The summed E-state index contributed by atoms with van der Waals surface area (Å²) in [7, 11) is 0. The number of nitrogens with zero attached hydrogens (tertiary/aromatic N) is 2. The van der Waals surface area contributed by atoms with Gasteiger partial charge in [-0.05, 0) is 12.1 Å². The summed E-state index contributed by atoms with van der Waals surface area (Å²) in [5, 5.41) is 0. The van der Waals surface area contributed by atoms with Crippen LogP contribution in [0.25, 0.3) is 0 Å². The van der Waals surface area contributed by atoms with Gasteiger partial charge in [0, 0.05) is 12.4 Å². The minimum atomic E-state index is -0.217. The van der Waals surface area contributed by atoms with Crippen molar-refractivity contribution in [2.45, 2.75) is 0 Å². The summed E-state index contributed by atoms with van der Waals surface area (Å²) in [5.41, 5.74) is 0.743. The molecule has 2 aromatic rings. The number of hydrogen-bond acceptors (Lipinski definition) is 5. The van der Waals surface area contributed by atoms with Crippen molar-refractivity contribution < 1.29 is 14.3 Å². The van der Waals surface area contributed by atoms with E-state index in [2.05, 4.69) is 9.97 Å². The van der Waals surface area contributed by atoms with E-state index in [-0.39, 0.29) is 5.78 Å². The highest BCUT2D eigenvalue weighted by Crippen LogP contribution is 2.34. The molecule has 1 aromatic carbocycles. The van der Waals surface area contributed by atoms with Gasteiger partial charge in [0.1, 0.15) is 18.9 Å². The van der Waals surface area contributed by atoms with E-state index < -0.39 is 0 Å². The molecule has 0 radical (unpaired) electrons. The lowest BCUT2D eigenvalue weighted by molar-refractivity contribution is 0.102. The molecule has 0 unspecified atom stereocenters. The maximum atomic E-state index is 12.3. The Balaban J connectivity index is 2.05. The number of rotatable bonds is 2. The Morgan fingerprint density at radius 3 is 2.89 bits per heavy atom. The van der Waals surface area contributed by atoms with Crippen LogP contribution in [-0.4, -0.2) is 29.0 Å². The highest BCUT2D eigenvalue weighted by Gasteiger charge is 2.21. The maximum Gasteiger partial charge on any atom is 0.216 e. The molecule has 2 heterocycles. The summed E-state index contributed by atoms with van der Waals surface area (Å²) >= 11 is 0. The highest BCUT2D eigenvalue weighted by atomic mass is 16.6. The zero-order chi connectivity index (χ0) is 12.4. The monoisotopic (exact) mass is 242 g/mol. The van der Waals surface area contributed by atoms with E-state index in [1.807, 2.05) is 0 Å². The largest absolute Gasteiger partial charge is 0.486 e. The number of benzene rings is 1. The molecule has 3 rings (SSSR count). The van der Waals surface area contributed by atoms with Crippen LogP contribution in [0, 0.1) is 0 Å². The van der Waals surface area contributed by atoms with Crippen LogP contribution < -0.4 is 9.47 Å². The summed E-state index contributed by atoms with van der Waals surface area (Å²) in [6.45, 7) is 0.938. The Morgan fingerprint density at radius 1 is 1.17 bits per heavy atom. The smallest absolute Gasteiger partial charge is 0.216 e. The zero-order valence-electron chi connectivity index (χ0n) is 9.50. The van der Waals surface area contributed by atoms with Crippen LogP contribution in [0.3, 0.4) is 0 Å². The van der Waals surface area contributed by atoms with Gasteiger partial charge in [0.15, 0.2) is 11.5 Å². The van der Waals surface area contributed by atoms with Crippen LogP contribution in [-0.2, 0) is 0 Å². The molecule has 0 saturated heterocycles. The van der Waals surface area contributed by atoms with Crippen LogP contribution in [0.5, 0.6) is 11.5 Å². The molecule has 5 heteroatoms. The fraction of sp³-hybridized carbons (Fsp3) is 0.154. The Kier molecular flexibility index (Phi) is 2.64. The number of ether oxygens (including phenoxy) is 2. The van der Waals surface area contributed by atoms with Gasteiger partial charge in [-0.2, -0.15) is 0 Å². The van der Waals surface area contributed by atoms with E-state index in [9.17, 15) is 4.79 Å². The van der Waals surface area contributed by atoms with Crippen molar-refractivity contribution in [2.24, 2.45) is 0 Å². The Bertz CT molecular complexity index is 584. The van der Waals surface area contributed by atoms with Crippen LogP contribution in [0.2, 0.25) is 0 Å². The Labute approximate surface area is 103 Å².